The maximum absolute atomic E-state index is 6.13. The topological polar surface area (TPSA) is 3.24 Å². The van der Waals surface area contributed by atoms with Gasteiger partial charge in [-0.3, -0.25) is 0 Å². The van der Waals surface area contributed by atoms with Crippen molar-refractivity contribution >= 4 is 0 Å². The first kappa shape index (κ1) is 16.5. The summed E-state index contributed by atoms with van der Waals surface area (Å²) in [6.07, 6.45) is 0. The smallest absolute Gasteiger partial charge is 0.0108 e. The summed E-state index contributed by atoms with van der Waals surface area (Å²) in [4.78, 5) is 2.39. The minimum absolute atomic E-state index is 0. The maximum Gasteiger partial charge on any atom is 0.0108 e. The van der Waals surface area contributed by atoms with Gasteiger partial charge in [0.2, 0.25) is 0 Å². The molecule has 0 aliphatic carbocycles. The molecule has 1 aliphatic rings. The quantitative estimate of drug-likeness (QED) is 0.619. The molecule has 0 aromatic rings. The first-order chi connectivity index (χ1) is 6.43. The van der Waals surface area contributed by atoms with Crippen molar-refractivity contribution in [3.05, 3.63) is 24.3 Å². The zero-order valence-corrected chi connectivity index (χ0v) is 14.5. The van der Waals surface area contributed by atoms with Crippen LogP contribution in [0.4, 0.5) is 0 Å². The Bertz CT molecular complexity index is 292. The summed E-state index contributed by atoms with van der Waals surface area (Å²) in [7, 11) is 0. The van der Waals surface area contributed by atoms with Gasteiger partial charge in [-0.05, 0) is 20.8 Å². The van der Waals surface area contributed by atoms with E-state index in [9.17, 15) is 0 Å². The van der Waals surface area contributed by atoms with Crippen LogP contribution < -0.4 is 0 Å². The Morgan fingerprint density at radius 3 is 1.25 bits per heavy atom. The van der Waals surface area contributed by atoms with Gasteiger partial charge < -0.3 is 29.2 Å². The number of hydrogen-bond donors (Lipinski definition) is 0. The van der Waals surface area contributed by atoms with E-state index in [4.69, 9.17) is 13.2 Å². The SMILES string of the molecule is [CH-]=C1C(=[CH-])C(C)(C)N(C(C)(C)C)C1(C)C.[Y]. The van der Waals surface area contributed by atoms with E-state index in [1.807, 2.05) is 0 Å². The van der Waals surface area contributed by atoms with E-state index >= 15 is 0 Å². The molecule has 1 heterocycles. The monoisotopic (exact) mass is 294 g/mol. The fraction of sp³-hybridized carbons (Fsp3) is 0.714. The van der Waals surface area contributed by atoms with Gasteiger partial charge in [-0.2, -0.15) is 0 Å². The summed E-state index contributed by atoms with van der Waals surface area (Å²) in [5.74, 6) is 0. The zero-order chi connectivity index (χ0) is 12.2. The van der Waals surface area contributed by atoms with Gasteiger partial charge >= 0.3 is 0 Å². The molecule has 1 saturated heterocycles. The van der Waals surface area contributed by atoms with Crippen LogP contribution in [-0.4, -0.2) is 21.5 Å². The maximum atomic E-state index is 6.13. The standard InChI is InChI=1S/C14H23N.Y/c1-10-11(2)14(8,9)15(12(3,4)5)13(10,6)7;/h1-2H,3-9H3;/q-2;. The average Bonchev–Trinajstić information content (AvgIpc) is 2.06. The first-order valence-electron chi connectivity index (χ1n) is 5.50. The number of rotatable bonds is 0. The van der Waals surface area contributed by atoms with E-state index < -0.39 is 0 Å². The van der Waals surface area contributed by atoms with Crippen LogP contribution in [0, 0.1) is 13.2 Å². The van der Waals surface area contributed by atoms with Gasteiger partial charge in [0.25, 0.3) is 0 Å². The van der Waals surface area contributed by atoms with Gasteiger partial charge in [0.1, 0.15) is 0 Å². The molecule has 0 aromatic carbocycles. The second kappa shape index (κ2) is 4.33. The second-order valence-corrected chi connectivity index (χ2v) is 6.45. The molecule has 1 rings (SSSR count). The van der Waals surface area contributed by atoms with Crippen molar-refractivity contribution in [1.82, 2.24) is 4.90 Å². The molecule has 89 valence electrons. The first-order valence-corrected chi connectivity index (χ1v) is 5.50. The molecule has 1 aliphatic heterocycles. The summed E-state index contributed by atoms with van der Waals surface area (Å²) in [6.45, 7) is 27.4. The van der Waals surface area contributed by atoms with Gasteiger partial charge in [0.05, 0.1) is 0 Å². The van der Waals surface area contributed by atoms with Crippen molar-refractivity contribution in [2.75, 3.05) is 0 Å². The van der Waals surface area contributed by atoms with Crippen molar-refractivity contribution in [3.63, 3.8) is 0 Å². The number of hydrogen-bond acceptors (Lipinski definition) is 1. The van der Waals surface area contributed by atoms with Gasteiger partial charge in [-0.25, -0.2) is 0 Å². The Morgan fingerprint density at radius 1 is 0.875 bits per heavy atom. The molecule has 0 unspecified atom stereocenters. The fourth-order valence-electron chi connectivity index (χ4n) is 3.28. The predicted molar refractivity (Wildman–Crippen MR) is 65.4 cm³/mol. The van der Waals surface area contributed by atoms with Crippen molar-refractivity contribution in [2.45, 2.75) is 65.1 Å². The van der Waals surface area contributed by atoms with Crippen LogP contribution in [0.5, 0.6) is 0 Å². The molecule has 16 heavy (non-hydrogen) atoms. The minimum atomic E-state index is -0.175. The van der Waals surface area contributed by atoms with Crippen molar-refractivity contribution in [2.24, 2.45) is 0 Å². The predicted octanol–water partition coefficient (Wildman–Crippen LogP) is 3.37. The van der Waals surface area contributed by atoms with Crippen molar-refractivity contribution in [3.8, 4) is 0 Å². The van der Waals surface area contributed by atoms with Gasteiger partial charge in [0.15, 0.2) is 0 Å². The van der Waals surface area contributed by atoms with E-state index in [0.29, 0.717) is 0 Å². The van der Waals surface area contributed by atoms with Crippen molar-refractivity contribution in [1.29, 1.82) is 0 Å². The van der Waals surface area contributed by atoms with Crippen LogP contribution in [0.1, 0.15) is 48.5 Å². The molecule has 0 atom stereocenters. The van der Waals surface area contributed by atoms with E-state index in [-0.39, 0.29) is 49.3 Å². The summed E-state index contributed by atoms with van der Waals surface area (Å²) in [5, 5.41) is 0. The third-order valence-corrected chi connectivity index (χ3v) is 3.40. The van der Waals surface area contributed by atoms with E-state index in [2.05, 4.69) is 53.4 Å². The molecular formula is C14H23NY-2. The molecule has 1 fully saturated rings. The van der Waals surface area contributed by atoms with Gasteiger partial charge in [-0.15, -0.1) is 0 Å². The summed E-state index contributed by atoms with van der Waals surface area (Å²) in [6, 6.07) is 0. The largest absolute Gasteiger partial charge is 0.389 e. The second-order valence-electron chi connectivity index (χ2n) is 6.45. The molecule has 1 radical (unpaired) electrons. The Morgan fingerprint density at radius 2 is 1.12 bits per heavy atom. The molecule has 1 nitrogen and oxygen atoms in total. The molecular weight excluding hydrogens is 271 g/mol. The number of nitrogens with zero attached hydrogens (tertiary/aromatic N) is 1. The molecule has 0 saturated carbocycles. The van der Waals surface area contributed by atoms with Gasteiger partial charge in [-0.1, -0.05) is 38.8 Å². The minimum Gasteiger partial charge on any atom is -0.389 e. The van der Waals surface area contributed by atoms with E-state index in [0.717, 1.165) is 11.1 Å². The van der Waals surface area contributed by atoms with Gasteiger partial charge in [0, 0.05) is 38.2 Å². The fourth-order valence-corrected chi connectivity index (χ4v) is 3.28. The molecule has 2 heteroatoms. The summed E-state index contributed by atoms with van der Waals surface area (Å²) in [5.41, 5.74) is 1.31. The Kier molecular flexibility index (Phi) is 4.48. The third-order valence-electron chi connectivity index (χ3n) is 3.40. The van der Waals surface area contributed by atoms with Crippen LogP contribution in [0.2, 0.25) is 0 Å². The summed E-state index contributed by atoms with van der Waals surface area (Å²) < 4.78 is 0. The normalized spacial score (nSPS) is 24.4. The van der Waals surface area contributed by atoms with E-state index in [1.165, 1.54) is 0 Å². The van der Waals surface area contributed by atoms with Crippen LogP contribution in [0.25, 0.3) is 0 Å². The molecule has 0 amide bonds. The average molecular weight is 294 g/mol. The molecule has 0 aromatic heterocycles. The number of likely N-dealkylation sites (tertiary alicyclic amines) is 1. The molecule has 0 spiro atoms. The Labute approximate surface area is 126 Å². The zero-order valence-electron chi connectivity index (χ0n) is 11.7. The van der Waals surface area contributed by atoms with Crippen molar-refractivity contribution < 1.29 is 32.7 Å². The molecule has 0 N–H and O–H groups in total. The van der Waals surface area contributed by atoms with Crippen LogP contribution in [0.15, 0.2) is 11.1 Å². The van der Waals surface area contributed by atoms with E-state index in [1.54, 1.807) is 0 Å². The Balaban J connectivity index is 0.00000225. The van der Waals surface area contributed by atoms with Crippen LogP contribution >= 0.6 is 0 Å². The third kappa shape index (κ3) is 2.24. The molecule has 0 bridgehead atoms. The van der Waals surface area contributed by atoms with Crippen LogP contribution in [-0.2, 0) is 32.7 Å². The summed E-state index contributed by atoms with van der Waals surface area (Å²) >= 11 is 0. The van der Waals surface area contributed by atoms with Crippen LogP contribution in [0.3, 0.4) is 0 Å². The Hall–Kier alpha value is 0.544.